The Balaban J connectivity index is 1.30. The molecule has 2 heterocycles. The van der Waals surface area contributed by atoms with Crippen molar-refractivity contribution in [3.63, 3.8) is 0 Å². The van der Waals surface area contributed by atoms with E-state index in [9.17, 15) is 8.42 Å². The highest BCUT2D eigenvalue weighted by Gasteiger charge is 2.22. The second kappa shape index (κ2) is 8.69. The van der Waals surface area contributed by atoms with Crippen LogP contribution in [0.15, 0.2) is 46.7 Å². The van der Waals surface area contributed by atoms with Gasteiger partial charge < -0.3 is 5.32 Å². The van der Waals surface area contributed by atoms with Gasteiger partial charge in [0.2, 0.25) is 15.2 Å². The van der Waals surface area contributed by atoms with Gasteiger partial charge in [-0.15, -0.1) is 21.5 Å². The number of sulfonamides is 1. The molecule has 0 aliphatic heterocycles. The summed E-state index contributed by atoms with van der Waals surface area (Å²) in [6.45, 7) is 0.714. The van der Waals surface area contributed by atoms with Crippen LogP contribution in [-0.4, -0.2) is 31.2 Å². The average Bonchev–Trinajstić information content (AvgIpc) is 3.44. The molecule has 1 aromatic carbocycles. The molecule has 148 valence electrons. The smallest absolute Gasteiger partial charge is 0.240 e. The highest BCUT2D eigenvalue weighted by molar-refractivity contribution is 7.89. The molecular weight excluding hydrogens is 412 g/mol. The summed E-state index contributed by atoms with van der Waals surface area (Å²) in [6, 6.07) is 11.2. The van der Waals surface area contributed by atoms with Crippen molar-refractivity contribution in [2.24, 2.45) is 0 Å². The summed E-state index contributed by atoms with van der Waals surface area (Å²) in [7, 11) is -3.42. The molecule has 1 fully saturated rings. The number of thiophene rings is 1. The van der Waals surface area contributed by atoms with Crippen molar-refractivity contribution >= 4 is 37.8 Å². The van der Waals surface area contributed by atoms with Crippen molar-refractivity contribution in [2.75, 3.05) is 11.9 Å². The van der Waals surface area contributed by atoms with Crippen LogP contribution >= 0.6 is 22.7 Å². The highest BCUT2D eigenvalue weighted by Crippen LogP contribution is 2.29. The van der Waals surface area contributed by atoms with Crippen LogP contribution in [0.25, 0.3) is 9.88 Å². The first kappa shape index (κ1) is 19.5. The fraction of sp³-hybridized carbons (Fsp3) is 0.368. The van der Waals surface area contributed by atoms with Crippen molar-refractivity contribution in [3.05, 3.63) is 47.3 Å². The Labute approximate surface area is 173 Å². The normalized spacial score (nSPS) is 15.1. The topological polar surface area (TPSA) is 84.0 Å². The molecule has 0 spiro atoms. The molecule has 4 rings (SSSR count). The van der Waals surface area contributed by atoms with Gasteiger partial charge in [-0.25, -0.2) is 13.1 Å². The van der Waals surface area contributed by atoms with E-state index in [1.807, 2.05) is 29.6 Å². The Kier molecular flexibility index (Phi) is 6.05. The maximum absolute atomic E-state index is 12.5. The summed E-state index contributed by atoms with van der Waals surface area (Å²) >= 11 is 3.18. The SMILES string of the molecule is O=S(=O)(NC1CCCC1)c1ccc(CCNc2nnc(-c3cccs3)s2)cc1. The number of nitrogens with one attached hydrogen (secondary N) is 2. The van der Waals surface area contributed by atoms with Crippen molar-refractivity contribution < 1.29 is 8.42 Å². The van der Waals surface area contributed by atoms with E-state index in [0.717, 1.165) is 52.7 Å². The number of anilines is 1. The Morgan fingerprint density at radius 2 is 1.86 bits per heavy atom. The van der Waals surface area contributed by atoms with Gasteiger partial charge in [-0.3, -0.25) is 0 Å². The zero-order valence-corrected chi connectivity index (χ0v) is 17.7. The van der Waals surface area contributed by atoms with E-state index in [0.29, 0.717) is 11.4 Å². The van der Waals surface area contributed by atoms with Crippen molar-refractivity contribution in [1.29, 1.82) is 0 Å². The number of nitrogens with zero attached hydrogens (tertiary/aromatic N) is 2. The van der Waals surface area contributed by atoms with Gasteiger partial charge in [0, 0.05) is 12.6 Å². The number of hydrogen-bond acceptors (Lipinski definition) is 7. The maximum Gasteiger partial charge on any atom is 0.240 e. The zero-order valence-electron chi connectivity index (χ0n) is 15.3. The predicted octanol–water partition coefficient (Wildman–Crippen LogP) is 4.14. The van der Waals surface area contributed by atoms with E-state index in [-0.39, 0.29) is 6.04 Å². The molecule has 6 nitrogen and oxygen atoms in total. The summed E-state index contributed by atoms with van der Waals surface area (Å²) in [4.78, 5) is 1.45. The number of rotatable bonds is 8. The molecule has 28 heavy (non-hydrogen) atoms. The van der Waals surface area contributed by atoms with Gasteiger partial charge in [0.15, 0.2) is 5.01 Å². The Hall–Kier alpha value is -1.81. The van der Waals surface area contributed by atoms with Crippen molar-refractivity contribution in [1.82, 2.24) is 14.9 Å². The molecule has 0 radical (unpaired) electrons. The molecule has 0 saturated heterocycles. The van der Waals surface area contributed by atoms with Crippen LogP contribution in [-0.2, 0) is 16.4 Å². The Morgan fingerprint density at radius 1 is 1.07 bits per heavy atom. The summed E-state index contributed by atoms with van der Waals surface area (Å²) in [5.74, 6) is 0. The van der Waals surface area contributed by atoms with Gasteiger partial charge in [0.25, 0.3) is 0 Å². The van der Waals surface area contributed by atoms with Crippen LogP contribution in [0.4, 0.5) is 5.13 Å². The first-order chi connectivity index (χ1) is 13.6. The zero-order chi connectivity index (χ0) is 19.4. The Bertz CT molecular complexity index is 992. The molecule has 0 amide bonds. The number of hydrogen-bond donors (Lipinski definition) is 2. The quantitative estimate of drug-likeness (QED) is 0.557. The standard InChI is InChI=1S/C19H22N4O2S3/c24-28(25,23-15-4-1-2-5-15)16-9-7-14(8-10-16)11-12-20-19-22-21-18(27-19)17-6-3-13-26-17/h3,6-10,13,15,23H,1-2,4-5,11-12H2,(H,20,22). The molecule has 1 aliphatic rings. The predicted molar refractivity (Wildman–Crippen MR) is 114 cm³/mol. The summed E-state index contributed by atoms with van der Waals surface area (Å²) in [5, 5.41) is 15.4. The second-order valence-corrected chi connectivity index (χ2v) is 10.5. The first-order valence-electron chi connectivity index (χ1n) is 9.33. The molecule has 9 heteroatoms. The monoisotopic (exact) mass is 434 g/mol. The lowest BCUT2D eigenvalue weighted by Gasteiger charge is -2.12. The van der Waals surface area contributed by atoms with E-state index < -0.39 is 10.0 Å². The van der Waals surface area contributed by atoms with Crippen LogP contribution in [0.1, 0.15) is 31.2 Å². The third-order valence-corrected chi connectivity index (χ3v) is 8.21. The van der Waals surface area contributed by atoms with Crippen molar-refractivity contribution in [2.45, 2.75) is 43.0 Å². The lowest BCUT2D eigenvalue weighted by molar-refractivity contribution is 0.552. The third kappa shape index (κ3) is 4.78. The molecular formula is C19H22N4O2S3. The minimum Gasteiger partial charge on any atom is -0.360 e. The minimum absolute atomic E-state index is 0.0832. The van der Waals surface area contributed by atoms with E-state index in [4.69, 9.17) is 0 Å². The fourth-order valence-electron chi connectivity index (χ4n) is 3.27. The van der Waals surface area contributed by atoms with E-state index in [1.165, 1.54) is 11.3 Å². The van der Waals surface area contributed by atoms with Gasteiger partial charge in [-0.05, 0) is 48.4 Å². The van der Waals surface area contributed by atoms with Crippen LogP contribution < -0.4 is 10.0 Å². The molecule has 0 unspecified atom stereocenters. The first-order valence-corrected chi connectivity index (χ1v) is 12.5. The van der Waals surface area contributed by atoms with Gasteiger partial charge >= 0.3 is 0 Å². The van der Waals surface area contributed by atoms with Gasteiger partial charge in [-0.2, -0.15) is 0 Å². The largest absolute Gasteiger partial charge is 0.360 e. The van der Waals surface area contributed by atoms with Gasteiger partial charge in [-0.1, -0.05) is 42.4 Å². The molecule has 0 atom stereocenters. The summed E-state index contributed by atoms with van der Waals surface area (Å²) in [6.07, 6.45) is 4.85. The van der Waals surface area contributed by atoms with Crippen LogP contribution in [0.3, 0.4) is 0 Å². The van der Waals surface area contributed by atoms with E-state index >= 15 is 0 Å². The minimum atomic E-state index is -3.42. The molecule has 3 aromatic rings. The molecule has 2 aromatic heterocycles. The van der Waals surface area contributed by atoms with Crippen molar-refractivity contribution in [3.8, 4) is 9.88 Å². The van der Waals surface area contributed by atoms with Gasteiger partial charge in [0.1, 0.15) is 0 Å². The lowest BCUT2D eigenvalue weighted by Crippen LogP contribution is -2.32. The molecule has 2 N–H and O–H groups in total. The average molecular weight is 435 g/mol. The highest BCUT2D eigenvalue weighted by atomic mass is 32.2. The number of benzene rings is 1. The third-order valence-electron chi connectivity index (χ3n) is 4.76. The summed E-state index contributed by atoms with van der Waals surface area (Å²) in [5.41, 5.74) is 1.08. The van der Waals surface area contributed by atoms with E-state index in [2.05, 4.69) is 20.2 Å². The van der Waals surface area contributed by atoms with Crippen LogP contribution in [0.2, 0.25) is 0 Å². The second-order valence-electron chi connectivity index (χ2n) is 6.81. The van der Waals surface area contributed by atoms with Gasteiger partial charge in [0.05, 0.1) is 9.77 Å². The lowest BCUT2D eigenvalue weighted by atomic mass is 10.1. The van der Waals surface area contributed by atoms with Crippen LogP contribution in [0.5, 0.6) is 0 Å². The van der Waals surface area contributed by atoms with Crippen LogP contribution in [0, 0.1) is 0 Å². The molecule has 1 saturated carbocycles. The maximum atomic E-state index is 12.5. The number of aromatic nitrogens is 2. The fourth-order valence-corrected chi connectivity index (χ4v) is 6.14. The van der Waals surface area contributed by atoms with E-state index in [1.54, 1.807) is 23.5 Å². The molecule has 1 aliphatic carbocycles. The summed E-state index contributed by atoms with van der Waals surface area (Å²) < 4.78 is 27.7. The molecule has 0 bridgehead atoms. The Morgan fingerprint density at radius 3 is 2.57 bits per heavy atom.